The number of nitrogens with zero attached hydrogens (tertiary/aromatic N) is 3. The molecule has 0 aliphatic carbocycles. The lowest BCUT2D eigenvalue weighted by atomic mass is 10.1. The standard InChI is InChI=1S/C19H21N3OS/c1-13-6-3-4-7-15(13)12-22-11-5-8-16(22)18-20-21-19(23-18)17-10-9-14(2)24-17/h3-4,6-7,9-10,16H,5,8,11-12H2,1-2H3/t16-/m0/s1. The lowest BCUT2D eigenvalue weighted by molar-refractivity contribution is 0.215. The molecule has 1 saturated heterocycles. The number of benzene rings is 1. The minimum absolute atomic E-state index is 0.229. The monoisotopic (exact) mass is 339 g/mol. The van der Waals surface area contributed by atoms with Crippen LogP contribution in [0.3, 0.4) is 0 Å². The molecular weight excluding hydrogens is 318 g/mol. The van der Waals surface area contributed by atoms with Crippen LogP contribution in [0.5, 0.6) is 0 Å². The summed E-state index contributed by atoms with van der Waals surface area (Å²) in [5.74, 6) is 1.40. The smallest absolute Gasteiger partial charge is 0.257 e. The van der Waals surface area contributed by atoms with E-state index >= 15 is 0 Å². The minimum Gasteiger partial charge on any atom is -0.418 e. The van der Waals surface area contributed by atoms with Crippen molar-refractivity contribution in [3.8, 4) is 10.8 Å². The number of likely N-dealkylation sites (tertiary alicyclic amines) is 1. The molecule has 1 aliphatic rings. The van der Waals surface area contributed by atoms with Gasteiger partial charge in [-0.3, -0.25) is 4.90 Å². The third kappa shape index (κ3) is 3.01. The van der Waals surface area contributed by atoms with E-state index in [0.717, 1.165) is 30.3 Å². The van der Waals surface area contributed by atoms with Crippen LogP contribution in [0, 0.1) is 13.8 Å². The molecule has 1 fully saturated rings. The highest BCUT2D eigenvalue weighted by Crippen LogP contribution is 2.35. The van der Waals surface area contributed by atoms with Gasteiger partial charge in [-0.05, 0) is 56.5 Å². The molecule has 4 nitrogen and oxygen atoms in total. The topological polar surface area (TPSA) is 42.2 Å². The lowest BCUT2D eigenvalue weighted by Crippen LogP contribution is -2.23. The van der Waals surface area contributed by atoms with Crippen molar-refractivity contribution in [2.24, 2.45) is 0 Å². The Hall–Kier alpha value is -1.98. The Bertz CT molecular complexity index is 839. The number of aryl methyl sites for hydroxylation is 2. The molecule has 1 atom stereocenters. The molecule has 0 spiro atoms. The van der Waals surface area contributed by atoms with E-state index in [0.29, 0.717) is 5.89 Å². The molecular formula is C19H21N3OS. The molecule has 0 N–H and O–H groups in total. The van der Waals surface area contributed by atoms with Crippen LogP contribution in [0.1, 0.15) is 40.8 Å². The van der Waals surface area contributed by atoms with Crippen LogP contribution < -0.4 is 0 Å². The first-order chi connectivity index (χ1) is 11.7. The molecule has 4 rings (SSSR count). The molecule has 0 radical (unpaired) electrons. The van der Waals surface area contributed by atoms with E-state index in [2.05, 4.69) is 65.3 Å². The average molecular weight is 339 g/mol. The molecule has 0 bridgehead atoms. The van der Waals surface area contributed by atoms with Crippen LogP contribution in [-0.4, -0.2) is 21.6 Å². The fraction of sp³-hybridized carbons (Fsp3) is 0.368. The van der Waals surface area contributed by atoms with Gasteiger partial charge < -0.3 is 4.42 Å². The summed E-state index contributed by atoms with van der Waals surface area (Å²) in [6.45, 7) is 6.28. The first-order valence-corrected chi connectivity index (χ1v) is 9.21. The van der Waals surface area contributed by atoms with E-state index in [1.807, 2.05) is 0 Å². The maximum atomic E-state index is 6.01. The van der Waals surface area contributed by atoms with E-state index in [-0.39, 0.29) is 6.04 Å². The fourth-order valence-corrected chi connectivity index (χ4v) is 4.11. The van der Waals surface area contributed by atoms with Gasteiger partial charge in [0.25, 0.3) is 5.89 Å². The summed E-state index contributed by atoms with van der Waals surface area (Å²) in [6, 6.07) is 12.9. The molecule has 0 unspecified atom stereocenters. The van der Waals surface area contributed by atoms with Gasteiger partial charge in [-0.2, -0.15) is 0 Å². The molecule has 5 heteroatoms. The van der Waals surface area contributed by atoms with Gasteiger partial charge in [0.05, 0.1) is 10.9 Å². The number of hydrogen-bond donors (Lipinski definition) is 0. The Kier molecular flexibility index (Phi) is 4.21. The molecule has 24 heavy (non-hydrogen) atoms. The summed E-state index contributed by atoms with van der Waals surface area (Å²) >= 11 is 1.69. The van der Waals surface area contributed by atoms with Crippen LogP contribution >= 0.6 is 11.3 Å². The van der Waals surface area contributed by atoms with Gasteiger partial charge >= 0.3 is 0 Å². The molecule has 0 amide bonds. The van der Waals surface area contributed by atoms with E-state index in [4.69, 9.17) is 4.42 Å². The van der Waals surface area contributed by atoms with Crippen molar-refractivity contribution in [3.63, 3.8) is 0 Å². The van der Waals surface area contributed by atoms with Crippen molar-refractivity contribution in [2.75, 3.05) is 6.54 Å². The van der Waals surface area contributed by atoms with Gasteiger partial charge in [-0.25, -0.2) is 0 Å². The second kappa shape index (κ2) is 6.49. The van der Waals surface area contributed by atoms with Crippen LogP contribution in [-0.2, 0) is 6.54 Å². The van der Waals surface area contributed by atoms with Crippen molar-refractivity contribution in [3.05, 3.63) is 58.3 Å². The summed E-state index contributed by atoms with van der Waals surface area (Å²) in [6.07, 6.45) is 2.25. The van der Waals surface area contributed by atoms with Gasteiger partial charge in [-0.15, -0.1) is 21.5 Å². The quantitative estimate of drug-likeness (QED) is 0.688. The first kappa shape index (κ1) is 15.5. The van der Waals surface area contributed by atoms with Crippen molar-refractivity contribution < 1.29 is 4.42 Å². The summed E-state index contributed by atoms with van der Waals surface area (Å²) in [5, 5.41) is 8.62. The largest absolute Gasteiger partial charge is 0.418 e. The molecule has 1 aromatic carbocycles. The summed E-state index contributed by atoms with van der Waals surface area (Å²) < 4.78 is 6.01. The minimum atomic E-state index is 0.229. The Labute approximate surface area is 146 Å². The van der Waals surface area contributed by atoms with Crippen LogP contribution in [0.4, 0.5) is 0 Å². The molecule has 0 saturated carbocycles. The fourth-order valence-electron chi connectivity index (χ4n) is 3.32. The van der Waals surface area contributed by atoms with Crippen molar-refractivity contribution in [2.45, 2.75) is 39.3 Å². The number of hydrogen-bond acceptors (Lipinski definition) is 5. The van der Waals surface area contributed by atoms with E-state index in [1.54, 1.807) is 11.3 Å². The normalized spacial score (nSPS) is 18.3. The summed E-state index contributed by atoms with van der Waals surface area (Å²) in [7, 11) is 0. The zero-order chi connectivity index (χ0) is 16.5. The predicted molar refractivity (Wildman–Crippen MR) is 95.9 cm³/mol. The van der Waals surface area contributed by atoms with E-state index in [1.165, 1.54) is 22.4 Å². The van der Waals surface area contributed by atoms with Gasteiger partial charge in [0.15, 0.2) is 0 Å². The Balaban J connectivity index is 1.55. The zero-order valence-corrected chi connectivity index (χ0v) is 14.8. The second-order valence-corrected chi connectivity index (χ2v) is 7.70. The molecule has 2 aromatic heterocycles. The zero-order valence-electron chi connectivity index (χ0n) is 14.0. The van der Waals surface area contributed by atoms with Crippen LogP contribution in [0.2, 0.25) is 0 Å². The van der Waals surface area contributed by atoms with Crippen molar-refractivity contribution >= 4 is 11.3 Å². The van der Waals surface area contributed by atoms with Gasteiger partial charge in [0, 0.05) is 11.4 Å². The Morgan fingerprint density at radius 2 is 2.04 bits per heavy atom. The molecule has 124 valence electrons. The van der Waals surface area contributed by atoms with E-state index in [9.17, 15) is 0 Å². The third-order valence-corrected chi connectivity index (χ3v) is 5.66. The second-order valence-electron chi connectivity index (χ2n) is 6.41. The van der Waals surface area contributed by atoms with Gasteiger partial charge in [-0.1, -0.05) is 24.3 Å². The van der Waals surface area contributed by atoms with Gasteiger partial charge in [0.2, 0.25) is 5.89 Å². The number of rotatable bonds is 4. The van der Waals surface area contributed by atoms with Crippen molar-refractivity contribution in [1.29, 1.82) is 0 Å². The highest BCUT2D eigenvalue weighted by Gasteiger charge is 2.31. The highest BCUT2D eigenvalue weighted by atomic mass is 32.1. The highest BCUT2D eigenvalue weighted by molar-refractivity contribution is 7.15. The SMILES string of the molecule is Cc1ccc(-c2nnc([C@@H]3CCCN3Cc3ccccc3C)o2)s1. The third-order valence-electron chi connectivity index (χ3n) is 4.68. The predicted octanol–water partition coefficient (Wildman–Crippen LogP) is 4.75. The summed E-state index contributed by atoms with van der Waals surface area (Å²) in [5.41, 5.74) is 2.71. The number of aromatic nitrogens is 2. The molecule has 3 heterocycles. The maximum absolute atomic E-state index is 6.01. The average Bonchev–Trinajstić information content (AvgIpc) is 3.29. The summed E-state index contributed by atoms with van der Waals surface area (Å²) in [4.78, 5) is 4.76. The molecule has 1 aliphatic heterocycles. The maximum Gasteiger partial charge on any atom is 0.257 e. The number of thiophene rings is 1. The van der Waals surface area contributed by atoms with Gasteiger partial charge in [0.1, 0.15) is 0 Å². The van der Waals surface area contributed by atoms with Crippen LogP contribution in [0.25, 0.3) is 10.8 Å². The Morgan fingerprint density at radius 3 is 2.83 bits per heavy atom. The molecule has 3 aromatic rings. The van der Waals surface area contributed by atoms with Crippen molar-refractivity contribution in [1.82, 2.24) is 15.1 Å². The van der Waals surface area contributed by atoms with Crippen LogP contribution in [0.15, 0.2) is 40.8 Å². The lowest BCUT2D eigenvalue weighted by Gasteiger charge is -2.22. The first-order valence-electron chi connectivity index (χ1n) is 8.39. The van der Waals surface area contributed by atoms with E-state index < -0.39 is 0 Å². The Morgan fingerprint density at radius 1 is 1.17 bits per heavy atom.